The van der Waals surface area contributed by atoms with Crippen molar-refractivity contribution in [1.82, 2.24) is 25.1 Å². The molecule has 150 valence electrons. The number of benzene rings is 1. The molecule has 0 saturated carbocycles. The van der Waals surface area contributed by atoms with Gasteiger partial charge in [-0.25, -0.2) is 0 Å². The van der Waals surface area contributed by atoms with Crippen LogP contribution in [-0.2, 0) is 0 Å². The third-order valence-corrected chi connectivity index (χ3v) is 6.70. The molecule has 6 heteroatoms. The van der Waals surface area contributed by atoms with E-state index < -0.39 is 0 Å². The van der Waals surface area contributed by atoms with Crippen LogP contribution in [0.15, 0.2) is 67.1 Å². The molecule has 1 aromatic carbocycles. The first-order chi connectivity index (χ1) is 15.2. The minimum atomic E-state index is 0.905. The molecule has 0 aliphatic rings. The molecule has 0 spiro atoms. The van der Waals surface area contributed by atoms with E-state index in [2.05, 4.69) is 75.4 Å². The monoisotopic (exact) mass is 421 g/mol. The average molecular weight is 422 g/mol. The molecule has 0 unspecified atom stereocenters. The molecule has 5 heterocycles. The topological polar surface area (TPSA) is 70.2 Å². The molecule has 0 amide bonds. The van der Waals surface area contributed by atoms with Crippen LogP contribution in [-0.4, -0.2) is 25.1 Å². The number of nitrogens with one attached hydrogen (secondary N) is 2. The predicted octanol–water partition coefficient (Wildman–Crippen LogP) is 6.51. The molecular formula is C25H19N5S. The van der Waals surface area contributed by atoms with E-state index in [1.807, 2.05) is 30.7 Å². The van der Waals surface area contributed by atoms with Crippen molar-refractivity contribution in [2.45, 2.75) is 13.8 Å². The molecule has 0 radical (unpaired) electrons. The first-order valence-electron chi connectivity index (χ1n) is 10.1. The molecule has 0 bridgehead atoms. The molecule has 0 aliphatic carbocycles. The van der Waals surface area contributed by atoms with Crippen LogP contribution in [0.1, 0.15) is 10.4 Å². The first kappa shape index (κ1) is 18.0. The lowest BCUT2D eigenvalue weighted by molar-refractivity contribution is 1.12. The van der Waals surface area contributed by atoms with Gasteiger partial charge >= 0.3 is 0 Å². The van der Waals surface area contributed by atoms with E-state index in [0.717, 1.165) is 50.0 Å². The molecule has 5 aromatic heterocycles. The molecule has 6 rings (SSSR count). The Bertz CT molecular complexity index is 1570. The minimum absolute atomic E-state index is 0.905. The summed E-state index contributed by atoms with van der Waals surface area (Å²) >= 11 is 1.76. The Balaban J connectivity index is 1.52. The predicted molar refractivity (Wildman–Crippen MR) is 127 cm³/mol. The van der Waals surface area contributed by atoms with E-state index in [1.165, 1.54) is 15.3 Å². The fourth-order valence-corrected chi connectivity index (χ4v) is 4.97. The van der Waals surface area contributed by atoms with Gasteiger partial charge in [-0.2, -0.15) is 5.10 Å². The van der Waals surface area contributed by atoms with Gasteiger partial charge < -0.3 is 4.98 Å². The Morgan fingerprint density at radius 1 is 0.839 bits per heavy atom. The molecule has 0 saturated heterocycles. The normalized spacial score (nSPS) is 11.5. The van der Waals surface area contributed by atoms with Gasteiger partial charge in [-0.1, -0.05) is 6.07 Å². The molecule has 6 aromatic rings. The minimum Gasteiger partial charge on any atom is -0.353 e. The second-order valence-electron chi connectivity index (χ2n) is 7.74. The van der Waals surface area contributed by atoms with Gasteiger partial charge in [0.1, 0.15) is 5.69 Å². The van der Waals surface area contributed by atoms with E-state index in [-0.39, 0.29) is 0 Å². The molecule has 5 nitrogen and oxygen atoms in total. The fraction of sp³-hybridized carbons (Fsp3) is 0.0800. The zero-order chi connectivity index (χ0) is 20.9. The summed E-state index contributed by atoms with van der Waals surface area (Å²) in [6, 6.07) is 16.9. The average Bonchev–Trinajstić information content (AvgIpc) is 3.50. The maximum Gasteiger partial charge on any atom is 0.116 e. The Morgan fingerprint density at radius 2 is 1.74 bits per heavy atom. The molecule has 0 fully saturated rings. The number of aryl methyl sites for hydroxylation is 2. The number of aromatic nitrogens is 5. The van der Waals surface area contributed by atoms with Crippen LogP contribution >= 0.6 is 11.3 Å². The highest BCUT2D eigenvalue weighted by Gasteiger charge is 2.15. The summed E-state index contributed by atoms with van der Waals surface area (Å²) in [6.45, 7) is 4.23. The summed E-state index contributed by atoms with van der Waals surface area (Å²) in [5.41, 5.74) is 8.41. The SMILES string of the molecule is Cc1ccc(-c2nccc3[nH]c(-c4n[nH]c5ccc(-c6cnccc6C)cc45)cc23)s1. The van der Waals surface area contributed by atoms with Crippen molar-refractivity contribution in [3.05, 3.63) is 77.6 Å². The highest BCUT2D eigenvalue weighted by atomic mass is 32.1. The van der Waals surface area contributed by atoms with Crippen LogP contribution in [0.2, 0.25) is 0 Å². The van der Waals surface area contributed by atoms with Crippen LogP contribution in [0.25, 0.3) is 54.9 Å². The van der Waals surface area contributed by atoms with Crippen LogP contribution in [0.3, 0.4) is 0 Å². The number of hydrogen-bond donors (Lipinski definition) is 2. The van der Waals surface area contributed by atoms with Crippen LogP contribution in [0.4, 0.5) is 0 Å². The number of fused-ring (bicyclic) bond motifs is 2. The van der Waals surface area contributed by atoms with E-state index in [9.17, 15) is 0 Å². The number of thiophene rings is 1. The zero-order valence-corrected chi connectivity index (χ0v) is 17.9. The smallest absolute Gasteiger partial charge is 0.116 e. The van der Waals surface area contributed by atoms with Gasteiger partial charge in [-0.3, -0.25) is 15.1 Å². The largest absolute Gasteiger partial charge is 0.353 e. The number of H-pyrrole nitrogens is 2. The number of hydrogen-bond acceptors (Lipinski definition) is 4. The standard InChI is InChI=1S/C25H19N5S/c1-14-7-9-26-13-19(14)16-4-5-21-17(11-16)24(30-29-21)22-12-18-20(28-22)8-10-27-25(18)23-6-3-15(2)31-23/h3-13,28H,1-2H3,(H,29,30). The maximum absolute atomic E-state index is 4.67. The Labute approximate surface area is 182 Å². The Kier molecular flexibility index (Phi) is 4.01. The van der Waals surface area contributed by atoms with E-state index >= 15 is 0 Å². The lowest BCUT2D eigenvalue weighted by Gasteiger charge is -2.05. The quantitative estimate of drug-likeness (QED) is 0.342. The maximum atomic E-state index is 4.67. The highest BCUT2D eigenvalue weighted by molar-refractivity contribution is 7.15. The number of pyridine rings is 2. The van der Waals surface area contributed by atoms with E-state index in [4.69, 9.17) is 0 Å². The van der Waals surface area contributed by atoms with Gasteiger partial charge in [0.2, 0.25) is 0 Å². The van der Waals surface area contributed by atoms with Gasteiger partial charge in [0.25, 0.3) is 0 Å². The molecule has 0 aliphatic heterocycles. The summed E-state index contributed by atoms with van der Waals surface area (Å²) in [4.78, 5) is 15.0. The first-order valence-corrected chi connectivity index (χ1v) is 10.9. The third kappa shape index (κ3) is 2.95. The number of nitrogens with zero attached hydrogens (tertiary/aromatic N) is 3. The molecular weight excluding hydrogens is 402 g/mol. The van der Waals surface area contributed by atoms with Gasteiger partial charge in [-0.05, 0) is 67.4 Å². The Morgan fingerprint density at radius 3 is 2.58 bits per heavy atom. The van der Waals surface area contributed by atoms with Crippen molar-refractivity contribution < 1.29 is 0 Å². The van der Waals surface area contributed by atoms with Gasteiger partial charge in [0, 0.05) is 45.3 Å². The van der Waals surface area contributed by atoms with Crippen LogP contribution < -0.4 is 0 Å². The van der Waals surface area contributed by atoms with Gasteiger partial charge in [-0.15, -0.1) is 11.3 Å². The Hall–Kier alpha value is -3.77. The summed E-state index contributed by atoms with van der Waals surface area (Å²) in [6.07, 6.45) is 5.60. The van der Waals surface area contributed by atoms with Crippen molar-refractivity contribution >= 4 is 33.1 Å². The second kappa shape index (κ2) is 6.89. The summed E-state index contributed by atoms with van der Waals surface area (Å²) in [5.74, 6) is 0. The van der Waals surface area contributed by atoms with E-state index in [0.29, 0.717) is 0 Å². The van der Waals surface area contributed by atoms with E-state index in [1.54, 1.807) is 11.3 Å². The van der Waals surface area contributed by atoms with Crippen LogP contribution in [0, 0.1) is 13.8 Å². The summed E-state index contributed by atoms with van der Waals surface area (Å²) in [7, 11) is 0. The number of aromatic amines is 2. The molecule has 31 heavy (non-hydrogen) atoms. The molecule has 0 atom stereocenters. The lowest BCUT2D eigenvalue weighted by Crippen LogP contribution is -1.85. The number of rotatable bonds is 3. The second-order valence-corrected chi connectivity index (χ2v) is 9.03. The van der Waals surface area contributed by atoms with Crippen molar-refractivity contribution in [3.63, 3.8) is 0 Å². The fourth-order valence-electron chi connectivity index (χ4n) is 4.09. The highest BCUT2D eigenvalue weighted by Crippen LogP contribution is 2.36. The van der Waals surface area contributed by atoms with Crippen molar-refractivity contribution in [1.29, 1.82) is 0 Å². The summed E-state index contributed by atoms with van der Waals surface area (Å²) in [5, 5.41) is 9.99. The van der Waals surface area contributed by atoms with Gasteiger partial charge in [0.15, 0.2) is 0 Å². The van der Waals surface area contributed by atoms with Crippen molar-refractivity contribution in [2.75, 3.05) is 0 Å². The zero-order valence-electron chi connectivity index (χ0n) is 17.1. The summed E-state index contributed by atoms with van der Waals surface area (Å²) < 4.78 is 0. The third-order valence-electron chi connectivity index (χ3n) is 5.69. The lowest BCUT2D eigenvalue weighted by atomic mass is 10.0. The van der Waals surface area contributed by atoms with Gasteiger partial charge in [0.05, 0.1) is 21.8 Å². The molecule has 2 N–H and O–H groups in total. The van der Waals surface area contributed by atoms with Crippen LogP contribution in [0.5, 0.6) is 0 Å². The van der Waals surface area contributed by atoms with Crippen molar-refractivity contribution in [3.8, 4) is 33.1 Å². The van der Waals surface area contributed by atoms with Crippen molar-refractivity contribution in [2.24, 2.45) is 0 Å².